The number of anilines is 1. The molecule has 20 heavy (non-hydrogen) atoms. The van der Waals surface area contributed by atoms with Gasteiger partial charge in [-0.3, -0.25) is 10.1 Å². The number of hydrogen-bond donors (Lipinski definition) is 1. The molecule has 2 rings (SSSR count). The highest BCUT2D eigenvalue weighted by molar-refractivity contribution is 9.10. The Hall–Kier alpha value is -1.47. The molecule has 5 nitrogen and oxygen atoms in total. The van der Waals surface area contributed by atoms with Crippen molar-refractivity contribution in [3.8, 4) is 0 Å². The molecule has 1 aromatic carbocycles. The lowest BCUT2D eigenvalue weighted by Crippen LogP contribution is -2.07. The summed E-state index contributed by atoms with van der Waals surface area (Å²) in [4.78, 5) is 14.9. The van der Waals surface area contributed by atoms with Crippen molar-refractivity contribution in [3.63, 3.8) is 0 Å². The van der Waals surface area contributed by atoms with Crippen LogP contribution < -0.4 is 5.32 Å². The Morgan fingerprint density at radius 1 is 1.45 bits per heavy atom. The second kappa shape index (κ2) is 5.88. The van der Waals surface area contributed by atoms with Gasteiger partial charge < -0.3 is 5.32 Å². The van der Waals surface area contributed by atoms with Crippen LogP contribution in [0.2, 0.25) is 0 Å². The second-order valence-electron chi connectivity index (χ2n) is 4.57. The Balaban J connectivity index is 2.25. The molecule has 0 spiro atoms. The van der Waals surface area contributed by atoms with Crippen LogP contribution >= 0.6 is 27.3 Å². The van der Waals surface area contributed by atoms with Gasteiger partial charge in [-0.2, -0.15) is 0 Å². The lowest BCUT2D eigenvalue weighted by atomic mass is 10.1. The average molecular weight is 356 g/mol. The predicted octanol–water partition coefficient (Wildman–Crippen LogP) is 4.60. The number of nitro benzene ring substituents is 1. The first-order valence-electron chi connectivity index (χ1n) is 6.01. The Bertz CT molecular complexity index is 657. The van der Waals surface area contributed by atoms with Gasteiger partial charge in [0.25, 0.3) is 5.69 Å². The van der Waals surface area contributed by atoms with Gasteiger partial charge in [0.15, 0.2) is 0 Å². The van der Waals surface area contributed by atoms with Crippen molar-refractivity contribution in [2.45, 2.75) is 26.8 Å². The highest BCUT2D eigenvalue weighted by atomic mass is 79.9. The summed E-state index contributed by atoms with van der Waals surface area (Å²) in [5.41, 5.74) is 2.56. The molecular weight excluding hydrogens is 342 g/mol. The first-order chi connectivity index (χ1) is 9.38. The van der Waals surface area contributed by atoms with E-state index < -0.39 is 0 Å². The van der Waals surface area contributed by atoms with E-state index >= 15 is 0 Å². The van der Waals surface area contributed by atoms with E-state index in [2.05, 4.69) is 26.2 Å². The van der Waals surface area contributed by atoms with Crippen molar-refractivity contribution in [2.75, 3.05) is 5.32 Å². The third kappa shape index (κ3) is 3.16. The van der Waals surface area contributed by atoms with Crippen LogP contribution in [-0.2, 0) is 0 Å². The van der Waals surface area contributed by atoms with Gasteiger partial charge in [-0.25, -0.2) is 4.98 Å². The van der Waals surface area contributed by atoms with Gasteiger partial charge in [-0.1, -0.05) is 0 Å². The SMILES string of the molecule is Cc1csc(C(C)Nc2cc(C)c([N+](=O)[O-])cc2Br)n1. The molecule has 0 aliphatic carbocycles. The molecule has 7 heteroatoms. The van der Waals surface area contributed by atoms with Crippen LogP contribution in [0.15, 0.2) is 22.0 Å². The molecule has 0 aliphatic heterocycles. The Morgan fingerprint density at radius 3 is 2.70 bits per heavy atom. The fourth-order valence-corrected chi connectivity index (χ4v) is 3.09. The van der Waals surface area contributed by atoms with Crippen LogP contribution in [0, 0.1) is 24.0 Å². The Labute approximate surface area is 129 Å². The van der Waals surface area contributed by atoms with E-state index in [0.717, 1.165) is 16.4 Å². The fourth-order valence-electron chi connectivity index (χ4n) is 1.84. The van der Waals surface area contributed by atoms with Crippen LogP contribution in [0.25, 0.3) is 0 Å². The van der Waals surface area contributed by atoms with E-state index in [-0.39, 0.29) is 16.7 Å². The number of nitrogens with one attached hydrogen (secondary N) is 1. The Morgan fingerprint density at radius 2 is 2.15 bits per heavy atom. The summed E-state index contributed by atoms with van der Waals surface area (Å²) >= 11 is 4.97. The third-order valence-corrected chi connectivity index (χ3v) is 4.66. The van der Waals surface area contributed by atoms with Gasteiger partial charge in [0.05, 0.1) is 11.0 Å². The van der Waals surface area contributed by atoms with Gasteiger partial charge in [0, 0.05) is 32.9 Å². The molecule has 1 N–H and O–H groups in total. The summed E-state index contributed by atoms with van der Waals surface area (Å²) in [5.74, 6) is 0. The number of benzene rings is 1. The molecule has 106 valence electrons. The lowest BCUT2D eigenvalue weighted by molar-refractivity contribution is -0.385. The first kappa shape index (κ1) is 14.9. The van der Waals surface area contributed by atoms with Crippen LogP contribution in [0.5, 0.6) is 0 Å². The van der Waals surface area contributed by atoms with Gasteiger partial charge >= 0.3 is 0 Å². The maximum Gasteiger partial charge on any atom is 0.273 e. The predicted molar refractivity (Wildman–Crippen MR) is 84.4 cm³/mol. The normalized spacial score (nSPS) is 12.2. The highest BCUT2D eigenvalue weighted by Gasteiger charge is 2.16. The highest BCUT2D eigenvalue weighted by Crippen LogP contribution is 2.33. The van der Waals surface area contributed by atoms with Crippen molar-refractivity contribution in [1.29, 1.82) is 0 Å². The van der Waals surface area contributed by atoms with Crippen LogP contribution in [0.4, 0.5) is 11.4 Å². The third-order valence-electron chi connectivity index (χ3n) is 2.86. The van der Waals surface area contributed by atoms with Crippen LogP contribution in [0.1, 0.15) is 29.2 Å². The molecule has 1 heterocycles. The van der Waals surface area contributed by atoms with Crippen molar-refractivity contribution < 1.29 is 4.92 Å². The maximum atomic E-state index is 10.9. The van der Waals surface area contributed by atoms with E-state index in [9.17, 15) is 10.1 Å². The molecule has 0 saturated heterocycles. The molecule has 2 aromatic rings. The minimum Gasteiger partial charge on any atom is -0.375 e. The molecular formula is C13H14BrN3O2S. The number of aryl methyl sites for hydroxylation is 2. The molecule has 0 aliphatic rings. The summed E-state index contributed by atoms with van der Waals surface area (Å²) < 4.78 is 0.676. The fraction of sp³-hybridized carbons (Fsp3) is 0.308. The van der Waals surface area contributed by atoms with Gasteiger partial charge in [0.2, 0.25) is 0 Å². The topological polar surface area (TPSA) is 68.1 Å². The summed E-state index contributed by atoms with van der Waals surface area (Å²) in [6.07, 6.45) is 0. The number of hydrogen-bond acceptors (Lipinski definition) is 5. The zero-order valence-corrected chi connectivity index (χ0v) is 13.7. The Kier molecular flexibility index (Phi) is 4.39. The second-order valence-corrected chi connectivity index (χ2v) is 6.31. The number of thiazole rings is 1. The summed E-state index contributed by atoms with van der Waals surface area (Å²) in [7, 11) is 0. The van der Waals surface area contributed by atoms with Crippen molar-refractivity contribution in [3.05, 3.63) is 48.4 Å². The van der Waals surface area contributed by atoms with Crippen molar-refractivity contribution in [2.24, 2.45) is 0 Å². The molecule has 0 amide bonds. The van der Waals surface area contributed by atoms with E-state index in [0.29, 0.717) is 10.0 Å². The first-order valence-corrected chi connectivity index (χ1v) is 7.69. The average Bonchev–Trinajstić information content (AvgIpc) is 2.79. The molecule has 0 fully saturated rings. The monoisotopic (exact) mass is 355 g/mol. The van der Waals surface area contributed by atoms with E-state index in [1.165, 1.54) is 6.07 Å². The standard InChI is InChI=1S/C13H14BrN3O2S/c1-7-4-11(10(14)5-12(7)17(18)19)16-9(3)13-15-8(2)6-20-13/h4-6,9,16H,1-3H3. The van der Waals surface area contributed by atoms with Crippen molar-refractivity contribution in [1.82, 2.24) is 4.98 Å². The van der Waals surface area contributed by atoms with E-state index in [1.54, 1.807) is 24.3 Å². The van der Waals surface area contributed by atoms with Crippen molar-refractivity contribution >= 4 is 38.6 Å². The van der Waals surface area contributed by atoms with Gasteiger partial charge in [0.1, 0.15) is 5.01 Å². The summed E-state index contributed by atoms with van der Waals surface area (Å²) in [6.45, 7) is 5.70. The molecule has 1 unspecified atom stereocenters. The van der Waals surface area contributed by atoms with Gasteiger partial charge in [-0.05, 0) is 42.8 Å². The molecule has 0 radical (unpaired) electrons. The number of nitro groups is 1. The lowest BCUT2D eigenvalue weighted by Gasteiger charge is -2.15. The molecule has 0 saturated carbocycles. The molecule has 0 bridgehead atoms. The van der Waals surface area contributed by atoms with Crippen LogP contribution in [-0.4, -0.2) is 9.91 Å². The molecule has 1 aromatic heterocycles. The number of nitrogens with zero attached hydrogens (tertiary/aromatic N) is 2. The quantitative estimate of drug-likeness (QED) is 0.642. The minimum absolute atomic E-state index is 0.0471. The maximum absolute atomic E-state index is 10.9. The number of halogens is 1. The zero-order valence-electron chi connectivity index (χ0n) is 11.3. The number of aromatic nitrogens is 1. The van der Waals surface area contributed by atoms with Crippen LogP contribution in [0.3, 0.4) is 0 Å². The summed E-state index contributed by atoms with van der Waals surface area (Å²) in [5, 5.41) is 17.2. The van der Waals surface area contributed by atoms with Gasteiger partial charge in [-0.15, -0.1) is 11.3 Å². The van der Waals surface area contributed by atoms with E-state index in [1.807, 2.05) is 19.2 Å². The number of rotatable bonds is 4. The smallest absolute Gasteiger partial charge is 0.273 e. The molecule has 1 atom stereocenters. The largest absolute Gasteiger partial charge is 0.375 e. The van der Waals surface area contributed by atoms with E-state index in [4.69, 9.17) is 0 Å². The summed E-state index contributed by atoms with van der Waals surface area (Å²) in [6, 6.07) is 3.35. The minimum atomic E-state index is -0.377. The zero-order chi connectivity index (χ0) is 14.9.